The Morgan fingerprint density at radius 3 is 2.54 bits per heavy atom. The first-order valence-corrected chi connectivity index (χ1v) is 11.1. The summed E-state index contributed by atoms with van der Waals surface area (Å²) in [5.74, 6) is 1.79. The van der Waals surface area contributed by atoms with Crippen LogP contribution in [0.4, 0.5) is 0 Å². The molecular weight excluding hydrogens is 380 g/mol. The van der Waals surface area contributed by atoms with Crippen LogP contribution in [0.1, 0.15) is 51.3 Å². The van der Waals surface area contributed by atoms with E-state index in [2.05, 4.69) is 5.16 Å². The second-order valence-corrected chi connectivity index (χ2v) is 9.70. The first-order chi connectivity index (χ1) is 13.4. The molecule has 7 nitrogen and oxygen atoms in total. The molecule has 8 heteroatoms. The lowest BCUT2D eigenvalue weighted by Gasteiger charge is -2.29. The molecule has 0 radical (unpaired) electrons. The molecule has 2 aromatic rings. The van der Waals surface area contributed by atoms with Gasteiger partial charge in [0.25, 0.3) is 0 Å². The van der Waals surface area contributed by atoms with Crippen molar-refractivity contribution in [2.24, 2.45) is 0 Å². The highest BCUT2D eigenvalue weighted by Crippen LogP contribution is 2.37. The largest absolute Gasteiger partial charge is 0.493 e. The first kappa shape index (κ1) is 20.7. The zero-order valence-corrected chi connectivity index (χ0v) is 17.7. The van der Waals surface area contributed by atoms with Crippen LogP contribution in [-0.4, -0.2) is 43.9 Å². The van der Waals surface area contributed by atoms with Crippen LogP contribution in [0.2, 0.25) is 0 Å². The fraction of sp³-hybridized carbons (Fsp3) is 0.550. The Morgan fingerprint density at radius 1 is 1.11 bits per heavy atom. The number of ether oxygens (including phenoxy) is 2. The molecule has 1 saturated heterocycles. The molecular formula is C20H28N2O5S. The van der Waals surface area contributed by atoms with Crippen molar-refractivity contribution in [2.75, 3.05) is 20.8 Å². The summed E-state index contributed by atoms with van der Waals surface area (Å²) in [5, 5.41) is 3.76. The quantitative estimate of drug-likeness (QED) is 0.718. The third-order valence-electron chi connectivity index (χ3n) is 5.16. The van der Waals surface area contributed by atoms with E-state index < -0.39 is 15.3 Å². The van der Waals surface area contributed by atoms with Crippen LogP contribution in [0.5, 0.6) is 11.5 Å². The Bertz CT molecular complexity index is 907. The third kappa shape index (κ3) is 4.03. The molecule has 1 atom stereocenters. The normalized spacial score (nSPS) is 18.8. The van der Waals surface area contributed by atoms with Gasteiger partial charge in [0.1, 0.15) is 5.69 Å². The smallest absolute Gasteiger partial charge is 0.217 e. The molecule has 0 amide bonds. The fourth-order valence-corrected chi connectivity index (χ4v) is 5.02. The minimum atomic E-state index is -3.38. The summed E-state index contributed by atoms with van der Waals surface area (Å²) in [7, 11) is -0.220. The third-order valence-corrected chi connectivity index (χ3v) is 7.45. The van der Waals surface area contributed by atoms with Gasteiger partial charge in [0.15, 0.2) is 17.3 Å². The van der Waals surface area contributed by atoms with E-state index in [9.17, 15) is 8.42 Å². The summed E-state index contributed by atoms with van der Waals surface area (Å²) in [6.07, 6.45) is 3.58. The van der Waals surface area contributed by atoms with Crippen LogP contribution >= 0.6 is 0 Å². The van der Waals surface area contributed by atoms with Gasteiger partial charge in [-0.15, -0.1) is 0 Å². The van der Waals surface area contributed by atoms with Gasteiger partial charge in [0, 0.05) is 18.2 Å². The van der Waals surface area contributed by atoms with E-state index in [1.807, 2.05) is 18.2 Å². The average molecular weight is 409 g/mol. The van der Waals surface area contributed by atoms with E-state index >= 15 is 0 Å². The van der Waals surface area contributed by atoms with Crippen LogP contribution in [0, 0.1) is 0 Å². The number of methoxy groups -OCH3 is 2. The number of benzene rings is 1. The van der Waals surface area contributed by atoms with Crippen molar-refractivity contribution in [1.29, 1.82) is 0 Å². The number of rotatable bonds is 6. The molecule has 0 spiro atoms. The molecule has 3 rings (SSSR count). The second kappa shape index (κ2) is 8.53. The maximum absolute atomic E-state index is 12.9. The van der Waals surface area contributed by atoms with Crippen LogP contribution in [0.25, 0.3) is 11.3 Å². The number of hydrogen-bond donors (Lipinski definition) is 0. The lowest BCUT2D eigenvalue weighted by Crippen LogP contribution is -2.39. The van der Waals surface area contributed by atoms with Crippen LogP contribution < -0.4 is 9.47 Å². The molecule has 0 bridgehead atoms. The van der Waals surface area contributed by atoms with Gasteiger partial charge in [-0.3, -0.25) is 0 Å². The molecule has 2 heterocycles. The Morgan fingerprint density at radius 2 is 1.86 bits per heavy atom. The van der Waals surface area contributed by atoms with E-state index in [0.29, 0.717) is 29.5 Å². The predicted octanol–water partition coefficient (Wildman–Crippen LogP) is 4.01. The van der Waals surface area contributed by atoms with E-state index in [-0.39, 0.29) is 6.04 Å². The van der Waals surface area contributed by atoms with E-state index in [1.165, 1.54) is 0 Å². The van der Waals surface area contributed by atoms with Gasteiger partial charge in [-0.2, -0.15) is 4.31 Å². The Labute approximate surface area is 166 Å². The van der Waals surface area contributed by atoms with Crippen molar-refractivity contribution in [3.63, 3.8) is 0 Å². The fourth-order valence-electron chi connectivity index (χ4n) is 3.52. The molecule has 1 aliphatic heterocycles. The summed E-state index contributed by atoms with van der Waals surface area (Å²) in [6, 6.07) is 7.02. The van der Waals surface area contributed by atoms with Crippen molar-refractivity contribution in [3.05, 3.63) is 30.0 Å². The zero-order chi connectivity index (χ0) is 20.3. The highest BCUT2D eigenvalue weighted by molar-refractivity contribution is 7.89. The summed E-state index contributed by atoms with van der Waals surface area (Å²) in [5.41, 5.74) is 1.44. The lowest BCUT2D eigenvalue weighted by atomic mass is 10.1. The van der Waals surface area contributed by atoms with Gasteiger partial charge < -0.3 is 14.0 Å². The van der Waals surface area contributed by atoms with Crippen LogP contribution in [-0.2, 0) is 10.0 Å². The number of nitrogens with zero attached hydrogens (tertiary/aromatic N) is 2. The average Bonchev–Trinajstić information content (AvgIpc) is 3.04. The molecule has 1 aromatic heterocycles. The highest BCUT2D eigenvalue weighted by Gasteiger charge is 2.35. The monoisotopic (exact) mass is 408 g/mol. The standard InChI is InChI=1S/C20H28N2O5S/c1-14(2)28(23,24)22-11-7-5-6-8-17(22)16-13-19(27-21-16)15-9-10-18(25-3)20(12-15)26-4/h9-10,12-14,17H,5-8,11H2,1-4H3. The van der Waals surface area contributed by atoms with Crippen LogP contribution in [0.3, 0.4) is 0 Å². The molecule has 1 aromatic carbocycles. The van der Waals surface area contributed by atoms with Gasteiger partial charge in [0.2, 0.25) is 10.0 Å². The SMILES string of the molecule is COc1ccc(-c2cc(C3CCCCCN3S(=O)(=O)C(C)C)no2)cc1OC. The summed E-state index contributed by atoms with van der Waals surface area (Å²) in [6.45, 7) is 3.95. The Kier molecular flexibility index (Phi) is 6.30. The second-order valence-electron chi connectivity index (χ2n) is 7.26. The molecule has 1 aliphatic rings. The minimum Gasteiger partial charge on any atom is -0.493 e. The summed E-state index contributed by atoms with van der Waals surface area (Å²) >= 11 is 0. The summed E-state index contributed by atoms with van der Waals surface area (Å²) in [4.78, 5) is 0. The van der Waals surface area contributed by atoms with E-state index in [4.69, 9.17) is 14.0 Å². The van der Waals surface area contributed by atoms with Crippen molar-refractivity contribution < 1.29 is 22.4 Å². The Hall–Kier alpha value is -2.06. The van der Waals surface area contributed by atoms with Gasteiger partial charge in [0.05, 0.1) is 25.5 Å². The zero-order valence-electron chi connectivity index (χ0n) is 16.8. The predicted molar refractivity (Wildman–Crippen MR) is 107 cm³/mol. The van der Waals surface area contributed by atoms with Gasteiger partial charge in [-0.05, 0) is 44.9 Å². The lowest BCUT2D eigenvalue weighted by molar-refractivity contribution is 0.305. The van der Waals surface area contributed by atoms with Gasteiger partial charge in [-0.1, -0.05) is 18.0 Å². The van der Waals surface area contributed by atoms with E-state index in [1.54, 1.807) is 38.4 Å². The molecule has 1 fully saturated rings. The van der Waals surface area contributed by atoms with Gasteiger partial charge in [-0.25, -0.2) is 8.42 Å². The highest BCUT2D eigenvalue weighted by atomic mass is 32.2. The molecule has 0 N–H and O–H groups in total. The Balaban J connectivity index is 1.95. The maximum Gasteiger partial charge on any atom is 0.217 e. The van der Waals surface area contributed by atoms with Crippen molar-refractivity contribution in [3.8, 4) is 22.8 Å². The summed E-state index contributed by atoms with van der Waals surface area (Å²) < 4.78 is 43.6. The van der Waals surface area contributed by atoms with Crippen LogP contribution in [0.15, 0.2) is 28.8 Å². The molecule has 1 unspecified atom stereocenters. The molecule has 0 aliphatic carbocycles. The van der Waals surface area contributed by atoms with Crippen molar-refractivity contribution in [1.82, 2.24) is 9.46 Å². The molecule has 28 heavy (non-hydrogen) atoms. The van der Waals surface area contributed by atoms with Crippen molar-refractivity contribution in [2.45, 2.75) is 50.8 Å². The molecule has 154 valence electrons. The topological polar surface area (TPSA) is 81.9 Å². The first-order valence-electron chi connectivity index (χ1n) is 9.58. The molecule has 0 saturated carbocycles. The number of aromatic nitrogens is 1. The van der Waals surface area contributed by atoms with E-state index in [0.717, 1.165) is 31.2 Å². The maximum atomic E-state index is 12.9. The van der Waals surface area contributed by atoms with Crippen molar-refractivity contribution >= 4 is 10.0 Å². The number of hydrogen-bond acceptors (Lipinski definition) is 6. The number of sulfonamides is 1. The minimum absolute atomic E-state index is 0.299. The van der Waals surface area contributed by atoms with Gasteiger partial charge >= 0.3 is 0 Å².